The van der Waals surface area contributed by atoms with E-state index >= 15 is 0 Å². The van der Waals surface area contributed by atoms with E-state index in [1.807, 2.05) is 21.1 Å². The molecule has 0 aliphatic rings. The Morgan fingerprint density at radius 2 is 1.37 bits per heavy atom. The lowest BCUT2D eigenvalue weighted by Crippen LogP contribution is -2.50. The largest absolute Gasteiger partial charge is 0.477 e. The molecular formula is C30H56NO7+. The van der Waals surface area contributed by atoms with Crippen molar-refractivity contribution in [3.05, 3.63) is 12.2 Å². The second-order valence-electron chi connectivity index (χ2n) is 11.0. The van der Waals surface area contributed by atoms with Crippen molar-refractivity contribution in [1.82, 2.24) is 0 Å². The third-order valence-corrected chi connectivity index (χ3v) is 6.47. The topological polar surface area (TPSA) is 99.1 Å². The molecular weight excluding hydrogens is 486 g/mol. The minimum atomic E-state index is -0.884. The molecule has 0 fully saturated rings. The highest BCUT2D eigenvalue weighted by atomic mass is 16.6. The fraction of sp³-hybridized carbons (Fsp3) is 0.833. The summed E-state index contributed by atoms with van der Waals surface area (Å²) in [5.74, 6) is -1.59. The summed E-state index contributed by atoms with van der Waals surface area (Å²) in [6, 6.07) is -0.606. The van der Waals surface area contributed by atoms with Gasteiger partial charge < -0.3 is 23.8 Å². The number of carboxylic acids is 1. The summed E-state index contributed by atoms with van der Waals surface area (Å²) in [5, 5.41) is 9.43. The molecule has 0 radical (unpaired) electrons. The summed E-state index contributed by atoms with van der Waals surface area (Å²) >= 11 is 0. The van der Waals surface area contributed by atoms with Crippen molar-refractivity contribution in [2.24, 2.45) is 0 Å². The van der Waals surface area contributed by atoms with Gasteiger partial charge in [0.05, 0.1) is 34.4 Å². The summed E-state index contributed by atoms with van der Waals surface area (Å²) in [6.07, 6.45) is 18.9. The number of ether oxygens (including phenoxy) is 3. The van der Waals surface area contributed by atoms with Crippen LogP contribution in [0.5, 0.6) is 0 Å². The minimum Gasteiger partial charge on any atom is -0.477 e. The second-order valence-corrected chi connectivity index (χ2v) is 11.0. The molecule has 0 aromatic carbocycles. The minimum absolute atomic E-state index is 0.0540. The molecule has 0 rings (SSSR count). The van der Waals surface area contributed by atoms with Crippen molar-refractivity contribution in [3.63, 3.8) is 0 Å². The number of aliphatic carboxylic acids is 1. The van der Waals surface area contributed by atoms with Crippen LogP contribution in [0.15, 0.2) is 12.2 Å². The Kier molecular flexibility index (Phi) is 21.8. The molecule has 0 aliphatic heterocycles. The summed E-state index contributed by atoms with van der Waals surface area (Å²) in [6.45, 7) is 4.13. The molecule has 0 aliphatic carbocycles. The number of quaternary nitrogens is 1. The van der Waals surface area contributed by atoms with Crippen LogP contribution in [-0.4, -0.2) is 80.6 Å². The van der Waals surface area contributed by atoms with E-state index in [4.69, 9.17) is 14.2 Å². The zero-order valence-electron chi connectivity index (χ0n) is 24.9. The molecule has 0 bridgehead atoms. The van der Waals surface area contributed by atoms with E-state index in [1.54, 1.807) is 6.92 Å². The number of likely N-dealkylation sites (N-methyl/N-ethyl adjacent to an activating group) is 1. The number of rotatable bonds is 25. The van der Waals surface area contributed by atoms with Crippen LogP contribution in [0.2, 0.25) is 0 Å². The van der Waals surface area contributed by atoms with E-state index in [2.05, 4.69) is 19.1 Å². The lowest BCUT2D eigenvalue weighted by atomic mass is 10.1. The predicted molar refractivity (Wildman–Crippen MR) is 151 cm³/mol. The fourth-order valence-corrected chi connectivity index (χ4v) is 4.06. The van der Waals surface area contributed by atoms with Crippen molar-refractivity contribution in [3.8, 4) is 0 Å². The molecule has 0 aromatic rings. The standard InChI is InChI=1S/C30H55NO7/c1-6-8-9-10-11-12-13-14-15-16-17-18-19-20-21-29(33)38-26(25-37-28(32)7-2)24-36-23-22-27(30(34)35)31(3,4)5/h13-14,26-27H,6-12,15-25H2,1-5H3/p+1/b14-13-. The van der Waals surface area contributed by atoms with Gasteiger partial charge in [-0.1, -0.05) is 70.9 Å². The normalized spacial score (nSPS) is 13.4. The van der Waals surface area contributed by atoms with E-state index in [-0.39, 0.29) is 42.7 Å². The molecule has 222 valence electrons. The highest BCUT2D eigenvalue weighted by molar-refractivity contribution is 5.72. The molecule has 1 N–H and O–H groups in total. The summed E-state index contributed by atoms with van der Waals surface area (Å²) in [4.78, 5) is 35.4. The maximum atomic E-state index is 12.3. The second kappa shape index (κ2) is 23.0. The van der Waals surface area contributed by atoms with Gasteiger partial charge in [-0.2, -0.15) is 0 Å². The first kappa shape index (κ1) is 36.1. The van der Waals surface area contributed by atoms with Crippen molar-refractivity contribution in [2.45, 2.75) is 122 Å². The first-order chi connectivity index (χ1) is 18.1. The van der Waals surface area contributed by atoms with Gasteiger partial charge in [-0.3, -0.25) is 9.59 Å². The van der Waals surface area contributed by atoms with E-state index in [0.717, 1.165) is 32.1 Å². The van der Waals surface area contributed by atoms with Crippen LogP contribution in [0.25, 0.3) is 0 Å². The van der Waals surface area contributed by atoms with Crippen molar-refractivity contribution >= 4 is 17.9 Å². The Labute approximate surface area is 231 Å². The Balaban J connectivity index is 4.16. The first-order valence-electron chi connectivity index (χ1n) is 14.7. The summed E-state index contributed by atoms with van der Waals surface area (Å²) in [7, 11) is 5.46. The van der Waals surface area contributed by atoms with Gasteiger partial charge in [0, 0.05) is 19.3 Å². The van der Waals surface area contributed by atoms with Crippen LogP contribution >= 0.6 is 0 Å². The maximum absolute atomic E-state index is 12.3. The van der Waals surface area contributed by atoms with Gasteiger partial charge in [-0.05, 0) is 32.1 Å². The molecule has 38 heavy (non-hydrogen) atoms. The number of esters is 2. The van der Waals surface area contributed by atoms with Crippen LogP contribution in [0.4, 0.5) is 0 Å². The number of carbonyl (C=O) groups is 3. The fourth-order valence-electron chi connectivity index (χ4n) is 4.06. The molecule has 0 saturated carbocycles. The lowest BCUT2D eigenvalue weighted by molar-refractivity contribution is -0.887. The van der Waals surface area contributed by atoms with Gasteiger partial charge in [-0.25, -0.2) is 4.79 Å². The first-order valence-corrected chi connectivity index (χ1v) is 14.7. The molecule has 0 aromatic heterocycles. The predicted octanol–water partition coefficient (Wildman–Crippen LogP) is 6.06. The smallest absolute Gasteiger partial charge is 0.362 e. The average Bonchev–Trinajstić information content (AvgIpc) is 2.85. The highest BCUT2D eigenvalue weighted by Crippen LogP contribution is 2.12. The zero-order chi connectivity index (χ0) is 28.7. The van der Waals surface area contributed by atoms with Gasteiger partial charge in [-0.15, -0.1) is 0 Å². The van der Waals surface area contributed by atoms with Crippen LogP contribution in [0, 0.1) is 0 Å². The van der Waals surface area contributed by atoms with Gasteiger partial charge in [0.1, 0.15) is 6.61 Å². The van der Waals surface area contributed by atoms with Gasteiger partial charge in [0.25, 0.3) is 0 Å². The molecule has 0 heterocycles. The number of nitrogens with zero attached hydrogens (tertiary/aromatic N) is 1. The Bertz CT molecular complexity index is 657. The quantitative estimate of drug-likeness (QED) is 0.0647. The van der Waals surface area contributed by atoms with E-state index in [9.17, 15) is 19.5 Å². The van der Waals surface area contributed by atoms with E-state index in [0.29, 0.717) is 12.8 Å². The zero-order valence-corrected chi connectivity index (χ0v) is 24.9. The molecule has 2 atom stereocenters. The monoisotopic (exact) mass is 542 g/mol. The van der Waals surface area contributed by atoms with Crippen molar-refractivity contribution in [1.29, 1.82) is 0 Å². The Morgan fingerprint density at radius 3 is 1.92 bits per heavy atom. The Hall–Kier alpha value is -1.93. The number of carbonyl (C=O) groups excluding carboxylic acids is 2. The van der Waals surface area contributed by atoms with Crippen LogP contribution in [0.3, 0.4) is 0 Å². The third-order valence-electron chi connectivity index (χ3n) is 6.47. The summed E-state index contributed by atoms with van der Waals surface area (Å²) in [5.41, 5.74) is 0. The molecule has 0 amide bonds. The van der Waals surface area contributed by atoms with Crippen LogP contribution < -0.4 is 0 Å². The van der Waals surface area contributed by atoms with Crippen molar-refractivity contribution in [2.75, 3.05) is 41.0 Å². The van der Waals surface area contributed by atoms with Gasteiger partial charge >= 0.3 is 17.9 Å². The molecule has 8 heteroatoms. The van der Waals surface area contributed by atoms with Crippen LogP contribution in [-0.2, 0) is 28.6 Å². The number of allylic oxidation sites excluding steroid dienone is 2. The van der Waals surface area contributed by atoms with E-state index in [1.165, 1.54) is 44.9 Å². The van der Waals surface area contributed by atoms with Gasteiger partial charge in [0.2, 0.25) is 0 Å². The number of unbranched alkanes of at least 4 members (excludes halogenated alkanes) is 10. The lowest BCUT2D eigenvalue weighted by Gasteiger charge is -2.31. The molecule has 0 saturated heterocycles. The number of hydrogen-bond donors (Lipinski definition) is 1. The average molecular weight is 543 g/mol. The number of carboxylic acid groups (broad SMARTS) is 1. The number of hydrogen-bond acceptors (Lipinski definition) is 6. The van der Waals surface area contributed by atoms with Crippen molar-refractivity contribution < 1.29 is 38.2 Å². The van der Waals surface area contributed by atoms with E-state index < -0.39 is 18.1 Å². The van der Waals surface area contributed by atoms with Gasteiger partial charge in [0.15, 0.2) is 12.1 Å². The third kappa shape index (κ3) is 21.1. The Morgan fingerprint density at radius 1 is 0.789 bits per heavy atom. The molecule has 0 spiro atoms. The maximum Gasteiger partial charge on any atom is 0.362 e. The van der Waals surface area contributed by atoms with Crippen LogP contribution in [0.1, 0.15) is 110 Å². The molecule has 8 nitrogen and oxygen atoms in total. The highest BCUT2D eigenvalue weighted by Gasteiger charge is 2.31. The SMILES string of the molecule is CCCCCCC/C=C\CCCCCCCC(=O)OC(COCCC(C(=O)O)[N+](C)(C)C)COC(=O)CC. The summed E-state index contributed by atoms with van der Waals surface area (Å²) < 4.78 is 16.6. The molecule has 2 unspecified atom stereocenters.